The zero-order valence-electron chi connectivity index (χ0n) is 22.1. The average molecular weight is 550 g/mol. The summed E-state index contributed by atoms with van der Waals surface area (Å²) < 4.78 is 28.3. The van der Waals surface area contributed by atoms with Crippen molar-refractivity contribution in [1.29, 1.82) is 5.26 Å². The Kier molecular flexibility index (Phi) is 7.44. The van der Waals surface area contributed by atoms with E-state index in [2.05, 4.69) is 30.8 Å². The fraction of sp³-hybridized carbons (Fsp3) is 0.407. The Balaban J connectivity index is 1.43. The summed E-state index contributed by atoms with van der Waals surface area (Å²) in [6.07, 6.45) is 7.78. The molecule has 40 heavy (non-hydrogen) atoms. The Bertz CT molecular complexity index is 1560. The van der Waals surface area contributed by atoms with E-state index in [4.69, 9.17) is 5.26 Å². The molecule has 0 unspecified atom stereocenters. The molecule has 1 fully saturated rings. The number of aromatic nitrogens is 6. The summed E-state index contributed by atoms with van der Waals surface area (Å²) >= 11 is 0. The van der Waals surface area contributed by atoms with Crippen molar-refractivity contribution in [2.75, 3.05) is 5.32 Å². The van der Waals surface area contributed by atoms with Crippen LogP contribution in [0.5, 0.6) is 0 Å². The molecule has 1 saturated carbocycles. The number of carbonyl (C=O) groups excluding carboxylic acids is 1. The number of carbonyl (C=O) groups is 1. The number of hydrogen-bond donors (Lipinski definition) is 3. The molecule has 0 saturated heterocycles. The molecule has 0 radical (unpaired) electrons. The van der Waals surface area contributed by atoms with Crippen LogP contribution in [0.25, 0.3) is 16.9 Å². The molecule has 11 nitrogen and oxygen atoms in total. The lowest BCUT2D eigenvalue weighted by Gasteiger charge is -2.36. The van der Waals surface area contributed by atoms with Crippen molar-refractivity contribution < 1.29 is 18.7 Å². The Morgan fingerprint density at radius 1 is 1.15 bits per heavy atom. The Morgan fingerprint density at radius 3 is 2.62 bits per heavy atom. The number of aliphatic hydroxyl groups is 1. The van der Waals surface area contributed by atoms with Crippen LogP contribution in [0, 0.1) is 17.2 Å². The molecule has 0 bridgehead atoms. The van der Waals surface area contributed by atoms with E-state index in [0.29, 0.717) is 33.8 Å². The van der Waals surface area contributed by atoms with E-state index in [1.807, 2.05) is 19.9 Å². The average Bonchev–Trinajstić information content (AvgIpc) is 3.54. The highest BCUT2D eigenvalue weighted by atomic mass is 19.3. The maximum Gasteiger partial charge on any atom is 0.257 e. The van der Waals surface area contributed by atoms with Gasteiger partial charge in [-0.2, -0.15) is 20.1 Å². The van der Waals surface area contributed by atoms with Crippen LogP contribution < -0.4 is 10.6 Å². The van der Waals surface area contributed by atoms with Crippen LogP contribution in [0.2, 0.25) is 0 Å². The topological polar surface area (TPSA) is 147 Å². The molecule has 1 amide bonds. The van der Waals surface area contributed by atoms with Crippen LogP contribution in [0.4, 0.5) is 20.2 Å². The monoisotopic (exact) mass is 549 g/mol. The van der Waals surface area contributed by atoms with Crippen LogP contribution in [0.15, 0.2) is 43.1 Å². The van der Waals surface area contributed by atoms with Gasteiger partial charge < -0.3 is 15.7 Å². The Morgan fingerprint density at radius 2 is 1.93 bits per heavy atom. The second-order valence-electron chi connectivity index (χ2n) is 10.5. The van der Waals surface area contributed by atoms with E-state index in [0.717, 1.165) is 30.4 Å². The van der Waals surface area contributed by atoms with Crippen molar-refractivity contribution in [2.45, 2.75) is 64.1 Å². The summed E-state index contributed by atoms with van der Waals surface area (Å²) in [6.45, 7) is 3.07. The maximum atomic E-state index is 13.4. The summed E-state index contributed by atoms with van der Waals surface area (Å²) in [5.41, 5.74) is 1.16. The van der Waals surface area contributed by atoms with Gasteiger partial charge in [0.25, 0.3) is 12.3 Å². The van der Waals surface area contributed by atoms with Crippen LogP contribution >= 0.6 is 0 Å². The molecule has 4 heterocycles. The predicted molar refractivity (Wildman–Crippen MR) is 142 cm³/mol. The van der Waals surface area contributed by atoms with Gasteiger partial charge in [0.2, 0.25) is 0 Å². The van der Waals surface area contributed by atoms with Crippen molar-refractivity contribution in [3.05, 3.63) is 54.2 Å². The first-order valence-electron chi connectivity index (χ1n) is 13.0. The van der Waals surface area contributed by atoms with Gasteiger partial charge in [0.15, 0.2) is 11.5 Å². The molecular formula is C27H29F2N9O2. The smallest absolute Gasteiger partial charge is 0.257 e. The van der Waals surface area contributed by atoms with Gasteiger partial charge in [-0.15, -0.1) is 0 Å². The Labute approximate surface area is 228 Å². The SMILES string of the molecule is CC(C)(O)[C@H]1CC[C@H](NC(=O)c2cnc(-n3ncc4cc(C#N)cnc43)cc2Nc2cnn(CC(F)F)c2)CC1. The molecule has 0 aromatic carbocycles. The van der Waals surface area contributed by atoms with Gasteiger partial charge in [-0.1, -0.05) is 0 Å². The lowest BCUT2D eigenvalue weighted by Crippen LogP contribution is -2.42. The predicted octanol–water partition coefficient (Wildman–Crippen LogP) is 3.95. The van der Waals surface area contributed by atoms with Gasteiger partial charge >= 0.3 is 0 Å². The first kappa shape index (κ1) is 27.1. The number of amides is 1. The molecule has 0 spiro atoms. The minimum Gasteiger partial charge on any atom is -0.390 e. The van der Waals surface area contributed by atoms with E-state index >= 15 is 0 Å². The summed E-state index contributed by atoms with van der Waals surface area (Å²) in [4.78, 5) is 22.2. The highest BCUT2D eigenvalue weighted by Crippen LogP contribution is 2.33. The van der Waals surface area contributed by atoms with Gasteiger partial charge in [-0.05, 0) is 51.5 Å². The maximum absolute atomic E-state index is 13.4. The fourth-order valence-electron chi connectivity index (χ4n) is 5.03. The van der Waals surface area contributed by atoms with Crippen molar-refractivity contribution >= 4 is 28.3 Å². The first-order valence-corrected chi connectivity index (χ1v) is 13.0. The number of rotatable bonds is 8. The zero-order chi connectivity index (χ0) is 28.4. The second kappa shape index (κ2) is 11.0. The van der Waals surface area contributed by atoms with E-state index in [9.17, 15) is 18.7 Å². The van der Waals surface area contributed by atoms with Gasteiger partial charge in [-0.3, -0.25) is 9.48 Å². The summed E-state index contributed by atoms with van der Waals surface area (Å²) in [5, 5.41) is 34.6. The van der Waals surface area contributed by atoms with Crippen LogP contribution in [0.1, 0.15) is 55.5 Å². The summed E-state index contributed by atoms with van der Waals surface area (Å²) in [7, 11) is 0. The normalized spacial score (nSPS) is 17.6. The largest absolute Gasteiger partial charge is 0.390 e. The zero-order valence-corrected chi connectivity index (χ0v) is 22.1. The number of nitrogens with one attached hydrogen (secondary N) is 2. The van der Waals surface area contributed by atoms with E-state index in [1.54, 1.807) is 18.3 Å². The number of halogens is 2. The highest BCUT2D eigenvalue weighted by molar-refractivity contribution is 6.00. The van der Waals surface area contributed by atoms with Gasteiger partial charge in [0.05, 0.1) is 40.5 Å². The molecule has 4 aromatic heterocycles. The minimum atomic E-state index is -2.56. The number of fused-ring (bicyclic) bond motifs is 1. The van der Waals surface area contributed by atoms with Crippen molar-refractivity contribution in [1.82, 2.24) is 34.8 Å². The number of nitriles is 1. The molecule has 208 valence electrons. The molecule has 1 aliphatic carbocycles. The Hall–Kier alpha value is -4.44. The molecule has 5 rings (SSSR count). The molecule has 13 heteroatoms. The number of nitrogens with zero attached hydrogens (tertiary/aromatic N) is 7. The first-order chi connectivity index (χ1) is 19.1. The van der Waals surface area contributed by atoms with Crippen molar-refractivity contribution in [2.24, 2.45) is 5.92 Å². The number of pyridine rings is 2. The second-order valence-corrected chi connectivity index (χ2v) is 10.5. The van der Waals surface area contributed by atoms with Gasteiger partial charge in [0, 0.05) is 36.1 Å². The molecule has 1 aliphatic rings. The van der Waals surface area contributed by atoms with E-state index in [-0.39, 0.29) is 23.4 Å². The van der Waals surface area contributed by atoms with Crippen LogP contribution in [0.3, 0.4) is 0 Å². The van der Waals surface area contributed by atoms with E-state index < -0.39 is 18.6 Å². The fourth-order valence-corrected chi connectivity index (χ4v) is 5.03. The summed E-state index contributed by atoms with van der Waals surface area (Å²) in [5.74, 6) is 0.192. The van der Waals surface area contributed by atoms with Crippen LogP contribution in [-0.2, 0) is 6.54 Å². The summed E-state index contributed by atoms with van der Waals surface area (Å²) in [6, 6.07) is 5.28. The van der Waals surface area contributed by atoms with Crippen LogP contribution in [-0.4, -0.2) is 58.6 Å². The molecule has 4 aromatic rings. The third-order valence-corrected chi connectivity index (χ3v) is 7.19. The molecule has 0 aliphatic heterocycles. The van der Waals surface area contributed by atoms with Gasteiger partial charge in [-0.25, -0.2) is 18.7 Å². The number of anilines is 2. The standard InChI is InChI=1S/C27H29F2N9O2/c1-27(2,40)18-3-5-19(6-4-18)36-26(39)21-13-31-24(38-25-17(11-34-38)7-16(9-30)10-32-25)8-22(21)35-20-12-33-37(14-20)15-23(28)29/h7-8,10-14,18-19,23,40H,3-6,15H2,1-2H3,(H,31,35)(H,36,39)/t18-,19-. The van der Waals surface area contributed by atoms with Crippen molar-refractivity contribution in [3.63, 3.8) is 0 Å². The lowest BCUT2D eigenvalue weighted by molar-refractivity contribution is -0.00257. The number of alkyl halides is 2. The number of hydrogen-bond acceptors (Lipinski definition) is 8. The quantitative estimate of drug-likeness (QED) is 0.299. The lowest BCUT2D eigenvalue weighted by atomic mass is 9.77. The molecular weight excluding hydrogens is 520 g/mol. The third-order valence-electron chi connectivity index (χ3n) is 7.19. The third kappa shape index (κ3) is 5.91. The van der Waals surface area contributed by atoms with E-state index in [1.165, 1.54) is 29.5 Å². The van der Waals surface area contributed by atoms with Gasteiger partial charge in [0.1, 0.15) is 12.6 Å². The van der Waals surface area contributed by atoms with Crippen molar-refractivity contribution in [3.8, 4) is 11.9 Å². The highest BCUT2D eigenvalue weighted by Gasteiger charge is 2.32. The minimum absolute atomic E-state index is 0.0546. The molecule has 3 N–H and O–H groups in total. The molecule has 0 atom stereocenters.